The molecule has 0 atom stereocenters. The molecule has 0 radical (unpaired) electrons. The van der Waals surface area contributed by atoms with Gasteiger partial charge in [0.05, 0.1) is 10.5 Å². The molecule has 5 nitrogen and oxygen atoms in total. The third kappa shape index (κ3) is 2.38. The molecule has 0 N–H and O–H groups in total. The van der Waals surface area contributed by atoms with Crippen LogP contribution in [0, 0.1) is 21.8 Å². The van der Waals surface area contributed by atoms with Crippen LogP contribution in [-0.2, 0) is 10.0 Å². The second-order valence-corrected chi connectivity index (χ2v) is 7.78. The molecule has 3 rings (SSSR count). The van der Waals surface area contributed by atoms with Gasteiger partial charge in [0, 0.05) is 21.4 Å². The summed E-state index contributed by atoms with van der Waals surface area (Å²) in [7, 11) is -3.71. The zero-order valence-corrected chi connectivity index (χ0v) is 14.5. The Balaban J connectivity index is 2.26. The fourth-order valence-corrected chi connectivity index (χ4v) is 4.30. The lowest BCUT2D eigenvalue weighted by atomic mass is 10.2. The maximum absolute atomic E-state index is 12.8. The number of halogens is 1. The van der Waals surface area contributed by atoms with Crippen LogP contribution in [0.2, 0.25) is 0 Å². The minimum atomic E-state index is -3.71. The average Bonchev–Trinajstić information content (AvgIpc) is 2.85. The standard InChI is InChI=1S/C15H10IN3O2S/c1-10-2-4-12(5-3-10)22(20,21)19-9-14(16)13-6-11(7-17)8-18-15(13)19/h2-6,8-9H,1H3. The molecule has 0 aliphatic rings. The highest BCUT2D eigenvalue weighted by molar-refractivity contribution is 14.1. The van der Waals surface area contributed by atoms with Crippen LogP contribution in [0.4, 0.5) is 0 Å². The predicted octanol–water partition coefficient (Wildman–Crippen LogP) is 3.06. The first-order chi connectivity index (χ1) is 10.4. The Labute approximate surface area is 141 Å². The summed E-state index contributed by atoms with van der Waals surface area (Å²) in [5.41, 5.74) is 1.71. The summed E-state index contributed by atoms with van der Waals surface area (Å²) in [6.07, 6.45) is 2.90. The Morgan fingerprint density at radius 3 is 2.59 bits per heavy atom. The van der Waals surface area contributed by atoms with E-state index in [0.29, 0.717) is 16.6 Å². The molecule has 0 unspecified atom stereocenters. The highest BCUT2D eigenvalue weighted by atomic mass is 127. The monoisotopic (exact) mass is 423 g/mol. The number of hydrogen-bond acceptors (Lipinski definition) is 4. The van der Waals surface area contributed by atoms with Gasteiger partial charge in [-0.2, -0.15) is 5.26 Å². The number of nitrogens with zero attached hydrogens (tertiary/aromatic N) is 3. The number of aryl methyl sites for hydroxylation is 1. The van der Waals surface area contributed by atoms with Crippen LogP contribution < -0.4 is 0 Å². The summed E-state index contributed by atoms with van der Waals surface area (Å²) < 4.78 is 27.5. The second kappa shape index (κ2) is 5.37. The van der Waals surface area contributed by atoms with Gasteiger partial charge < -0.3 is 0 Å². The molecule has 110 valence electrons. The van der Waals surface area contributed by atoms with E-state index in [1.165, 1.54) is 12.4 Å². The van der Waals surface area contributed by atoms with E-state index >= 15 is 0 Å². The largest absolute Gasteiger partial charge is 0.269 e. The van der Waals surface area contributed by atoms with Gasteiger partial charge in [0.2, 0.25) is 0 Å². The minimum Gasteiger partial charge on any atom is -0.236 e. The number of benzene rings is 1. The maximum Gasteiger partial charge on any atom is 0.269 e. The smallest absolute Gasteiger partial charge is 0.236 e. The number of pyridine rings is 1. The van der Waals surface area contributed by atoms with Crippen molar-refractivity contribution >= 4 is 43.6 Å². The van der Waals surface area contributed by atoms with Gasteiger partial charge in [0.15, 0.2) is 5.65 Å². The van der Waals surface area contributed by atoms with Crippen LogP contribution in [0.25, 0.3) is 11.0 Å². The summed E-state index contributed by atoms with van der Waals surface area (Å²) >= 11 is 2.04. The molecule has 0 saturated carbocycles. The van der Waals surface area contributed by atoms with Gasteiger partial charge in [0.25, 0.3) is 10.0 Å². The Morgan fingerprint density at radius 2 is 1.95 bits per heavy atom. The molecule has 0 saturated heterocycles. The van der Waals surface area contributed by atoms with Crippen molar-refractivity contribution in [3.05, 3.63) is 57.4 Å². The van der Waals surface area contributed by atoms with Crippen molar-refractivity contribution in [3.8, 4) is 6.07 Å². The topological polar surface area (TPSA) is 75.8 Å². The van der Waals surface area contributed by atoms with Crippen molar-refractivity contribution in [2.24, 2.45) is 0 Å². The summed E-state index contributed by atoms with van der Waals surface area (Å²) in [6.45, 7) is 1.90. The molecule has 0 fully saturated rings. The average molecular weight is 423 g/mol. The predicted molar refractivity (Wildman–Crippen MR) is 90.9 cm³/mol. The van der Waals surface area contributed by atoms with Gasteiger partial charge in [-0.25, -0.2) is 17.4 Å². The van der Waals surface area contributed by atoms with E-state index in [-0.39, 0.29) is 4.90 Å². The van der Waals surface area contributed by atoms with Crippen molar-refractivity contribution in [1.29, 1.82) is 5.26 Å². The van der Waals surface area contributed by atoms with E-state index in [1.807, 2.05) is 35.6 Å². The van der Waals surface area contributed by atoms with Gasteiger partial charge in [-0.3, -0.25) is 0 Å². The van der Waals surface area contributed by atoms with Crippen LogP contribution >= 0.6 is 22.6 Å². The van der Waals surface area contributed by atoms with E-state index in [0.717, 1.165) is 13.1 Å². The van der Waals surface area contributed by atoms with Gasteiger partial charge in [0.1, 0.15) is 6.07 Å². The molecule has 2 heterocycles. The molecular weight excluding hydrogens is 413 g/mol. The van der Waals surface area contributed by atoms with E-state index in [1.54, 1.807) is 30.3 Å². The first-order valence-corrected chi connectivity index (χ1v) is 8.84. The Kier molecular flexibility index (Phi) is 3.66. The number of nitriles is 1. The van der Waals surface area contributed by atoms with Crippen LogP contribution in [-0.4, -0.2) is 17.4 Å². The minimum absolute atomic E-state index is 0.206. The molecular formula is C15H10IN3O2S. The summed E-state index contributed by atoms with van der Waals surface area (Å²) in [5, 5.41) is 9.59. The van der Waals surface area contributed by atoms with E-state index in [9.17, 15) is 8.42 Å². The van der Waals surface area contributed by atoms with Crippen molar-refractivity contribution in [2.45, 2.75) is 11.8 Å². The summed E-state index contributed by atoms with van der Waals surface area (Å²) in [4.78, 5) is 4.34. The highest BCUT2D eigenvalue weighted by Gasteiger charge is 2.21. The normalized spacial score (nSPS) is 11.5. The maximum atomic E-state index is 12.8. The first kappa shape index (κ1) is 15.0. The van der Waals surface area contributed by atoms with E-state index in [2.05, 4.69) is 4.98 Å². The Morgan fingerprint density at radius 1 is 1.27 bits per heavy atom. The summed E-state index contributed by atoms with van der Waals surface area (Å²) in [5.74, 6) is 0. The van der Waals surface area contributed by atoms with Crippen LogP contribution in [0.5, 0.6) is 0 Å². The zero-order valence-electron chi connectivity index (χ0n) is 11.5. The lowest BCUT2D eigenvalue weighted by molar-refractivity contribution is 0.588. The van der Waals surface area contributed by atoms with Crippen molar-refractivity contribution < 1.29 is 8.42 Å². The molecule has 0 spiro atoms. The quantitative estimate of drug-likeness (QED) is 0.594. The highest BCUT2D eigenvalue weighted by Crippen LogP contribution is 2.26. The van der Waals surface area contributed by atoms with Gasteiger partial charge in [-0.05, 0) is 47.7 Å². The lowest BCUT2D eigenvalue weighted by Crippen LogP contribution is -2.12. The number of fused-ring (bicyclic) bond motifs is 1. The van der Waals surface area contributed by atoms with E-state index in [4.69, 9.17) is 5.26 Å². The fourth-order valence-electron chi connectivity index (χ4n) is 2.11. The van der Waals surface area contributed by atoms with Crippen molar-refractivity contribution in [1.82, 2.24) is 8.96 Å². The van der Waals surface area contributed by atoms with Crippen molar-refractivity contribution in [3.63, 3.8) is 0 Å². The molecule has 0 aliphatic carbocycles. The van der Waals surface area contributed by atoms with Gasteiger partial charge >= 0.3 is 0 Å². The molecule has 2 aromatic heterocycles. The zero-order chi connectivity index (χ0) is 15.9. The van der Waals surface area contributed by atoms with Crippen molar-refractivity contribution in [2.75, 3.05) is 0 Å². The number of aromatic nitrogens is 2. The first-order valence-electron chi connectivity index (χ1n) is 6.32. The van der Waals surface area contributed by atoms with Crippen LogP contribution in [0.1, 0.15) is 11.1 Å². The fraction of sp³-hybridized carbons (Fsp3) is 0.0667. The molecule has 0 amide bonds. The molecule has 3 aromatic rings. The molecule has 22 heavy (non-hydrogen) atoms. The SMILES string of the molecule is Cc1ccc(S(=O)(=O)n2cc(I)c3cc(C#N)cnc32)cc1. The molecule has 7 heteroatoms. The third-order valence-electron chi connectivity index (χ3n) is 3.27. The van der Waals surface area contributed by atoms with E-state index < -0.39 is 10.0 Å². The van der Waals surface area contributed by atoms with Gasteiger partial charge in [-0.1, -0.05) is 17.7 Å². The second-order valence-electron chi connectivity index (χ2n) is 4.80. The third-order valence-corrected chi connectivity index (χ3v) is 5.79. The van der Waals surface area contributed by atoms with Gasteiger partial charge in [-0.15, -0.1) is 0 Å². The number of rotatable bonds is 2. The molecule has 0 bridgehead atoms. The number of hydrogen-bond donors (Lipinski definition) is 0. The van der Waals surface area contributed by atoms with Crippen LogP contribution in [0.15, 0.2) is 47.6 Å². The molecule has 1 aromatic carbocycles. The lowest BCUT2D eigenvalue weighted by Gasteiger charge is -2.07. The Hall–Kier alpha value is -1.92. The Bertz CT molecular complexity index is 1020. The summed E-state index contributed by atoms with van der Waals surface area (Å²) in [6, 6.07) is 10.3. The molecule has 0 aliphatic heterocycles. The van der Waals surface area contributed by atoms with Crippen LogP contribution in [0.3, 0.4) is 0 Å².